The first-order valence-corrected chi connectivity index (χ1v) is 10.0. The van der Waals surface area contributed by atoms with E-state index in [1.54, 1.807) is 19.1 Å². The van der Waals surface area contributed by atoms with Crippen LogP contribution in [-0.4, -0.2) is 23.7 Å². The Balaban J connectivity index is 2.92. The Bertz CT molecular complexity index is 911. The van der Waals surface area contributed by atoms with Gasteiger partial charge in [0.2, 0.25) is 0 Å². The number of rotatable bonds is 5. The van der Waals surface area contributed by atoms with Crippen LogP contribution >= 0.6 is 0 Å². The minimum absolute atomic E-state index is 0.101. The second-order valence-electron chi connectivity index (χ2n) is 9.39. The van der Waals surface area contributed by atoms with Crippen LogP contribution in [0.1, 0.15) is 75.5 Å². The first-order chi connectivity index (χ1) is 13.4. The summed E-state index contributed by atoms with van der Waals surface area (Å²) in [4.78, 5) is 24.3. The summed E-state index contributed by atoms with van der Waals surface area (Å²) in [6, 6.07) is 11.2. The van der Waals surface area contributed by atoms with Crippen molar-refractivity contribution in [3.63, 3.8) is 0 Å². The molecule has 0 heterocycles. The fraction of sp³-hybridized carbons (Fsp3) is 0.440. The molecule has 0 radical (unpaired) electrons. The zero-order valence-corrected chi connectivity index (χ0v) is 18.6. The number of aromatic carboxylic acids is 1. The predicted octanol–water partition coefficient (Wildman–Crippen LogP) is 5.75. The zero-order chi connectivity index (χ0) is 22.0. The van der Waals surface area contributed by atoms with Crippen LogP contribution in [-0.2, 0) is 26.8 Å². The summed E-state index contributed by atoms with van der Waals surface area (Å²) >= 11 is 0. The van der Waals surface area contributed by atoms with Crippen molar-refractivity contribution in [1.29, 1.82) is 0 Å². The second kappa shape index (κ2) is 8.40. The molecule has 0 unspecified atom stereocenters. The lowest BCUT2D eigenvalue weighted by Crippen LogP contribution is -2.20. The summed E-state index contributed by atoms with van der Waals surface area (Å²) in [7, 11) is 0. The topological polar surface area (TPSA) is 63.6 Å². The summed E-state index contributed by atoms with van der Waals surface area (Å²) in [6.07, 6.45) is 0.101. The molecule has 0 bridgehead atoms. The van der Waals surface area contributed by atoms with Gasteiger partial charge in [-0.15, -0.1) is 0 Å². The Hall–Kier alpha value is -2.62. The predicted molar refractivity (Wildman–Crippen MR) is 117 cm³/mol. The molecule has 0 aliphatic rings. The molecular formula is C25H32O4. The molecular weight excluding hydrogens is 364 g/mol. The van der Waals surface area contributed by atoms with Crippen molar-refractivity contribution in [2.24, 2.45) is 0 Å². The Labute approximate surface area is 173 Å². The maximum absolute atomic E-state index is 12.4. The third-order valence-electron chi connectivity index (χ3n) is 4.96. The van der Waals surface area contributed by atoms with Crippen LogP contribution < -0.4 is 0 Å². The number of esters is 1. The largest absolute Gasteiger partial charge is 0.478 e. The van der Waals surface area contributed by atoms with Gasteiger partial charge in [-0.2, -0.15) is 0 Å². The molecule has 0 saturated heterocycles. The first-order valence-electron chi connectivity index (χ1n) is 10.0. The molecule has 0 fully saturated rings. The van der Waals surface area contributed by atoms with E-state index in [0.717, 1.165) is 22.3 Å². The molecule has 2 aromatic rings. The highest BCUT2D eigenvalue weighted by molar-refractivity contribution is 5.97. The van der Waals surface area contributed by atoms with Gasteiger partial charge in [-0.05, 0) is 51.6 Å². The number of carbonyl (C=O) groups is 2. The standard InChI is InChI=1S/C25H32O4/c1-8-29-21(26)14-16-13-17(24(2,3)4)15-20(25(5,6)7)22(16)18-11-9-10-12-19(18)23(27)28/h9-13,15H,8,14H2,1-7H3,(H,27,28). The van der Waals surface area contributed by atoms with Gasteiger partial charge in [0.1, 0.15) is 0 Å². The highest BCUT2D eigenvalue weighted by Gasteiger charge is 2.28. The van der Waals surface area contributed by atoms with Crippen LogP contribution in [0.2, 0.25) is 0 Å². The molecule has 0 aliphatic heterocycles. The van der Waals surface area contributed by atoms with E-state index in [1.165, 1.54) is 0 Å². The van der Waals surface area contributed by atoms with Gasteiger partial charge in [-0.1, -0.05) is 71.9 Å². The van der Waals surface area contributed by atoms with E-state index in [1.807, 2.05) is 18.2 Å². The molecule has 0 spiro atoms. The third kappa shape index (κ3) is 5.26. The van der Waals surface area contributed by atoms with Crippen molar-refractivity contribution in [2.45, 2.75) is 65.7 Å². The van der Waals surface area contributed by atoms with Crippen LogP contribution in [0.15, 0.2) is 36.4 Å². The van der Waals surface area contributed by atoms with Crippen LogP contribution in [0, 0.1) is 0 Å². The minimum atomic E-state index is -0.984. The molecule has 0 atom stereocenters. The van der Waals surface area contributed by atoms with E-state index in [0.29, 0.717) is 12.2 Å². The quantitative estimate of drug-likeness (QED) is 0.653. The van der Waals surface area contributed by atoms with Gasteiger partial charge in [0.25, 0.3) is 0 Å². The number of hydrogen-bond donors (Lipinski definition) is 1. The average molecular weight is 397 g/mol. The number of carboxylic acid groups (broad SMARTS) is 1. The number of carbonyl (C=O) groups excluding carboxylic acids is 1. The fourth-order valence-electron chi connectivity index (χ4n) is 3.44. The van der Waals surface area contributed by atoms with E-state index in [9.17, 15) is 14.7 Å². The molecule has 0 amide bonds. The number of ether oxygens (including phenoxy) is 1. The first kappa shape index (κ1) is 22.7. The van der Waals surface area contributed by atoms with Crippen LogP contribution in [0.4, 0.5) is 0 Å². The molecule has 2 rings (SSSR count). The summed E-state index contributed by atoms with van der Waals surface area (Å²) in [5.41, 5.74) is 4.25. The number of benzene rings is 2. The van der Waals surface area contributed by atoms with Crippen molar-refractivity contribution in [3.8, 4) is 11.1 Å². The lowest BCUT2D eigenvalue weighted by Gasteiger charge is -2.30. The number of carboxylic acids is 1. The van der Waals surface area contributed by atoms with Crippen molar-refractivity contribution in [3.05, 3.63) is 58.7 Å². The van der Waals surface area contributed by atoms with Crippen molar-refractivity contribution >= 4 is 11.9 Å². The molecule has 29 heavy (non-hydrogen) atoms. The van der Waals surface area contributed by atoms with Crippen molar-refractivity contribution < 1.29 is 19.4 Å². The highest BCUT2D eigenvalue weighted by Crippen LogP contribution is 2.40. The Kier molecular flexibility index (Phi) is 6.56. The Morgan fingerprint density at radius 1 is 0.966 bits per heavy atom. The van der Waals surface area contributed by atoms with Gasteiger partial charge in [-0.25, -0.2) is 4.79 Å². The van der Waals surface area contributed by atoms with Crippen LogP contribution in [0.3, 0.4) is 0 Å². The van der Waals surface area contributed by atoms with Crippen LogP contribution in [0.25, 0.3) is 11.1 Å². The highest BCUT2D eigenvalue weighted by atomic mass is 16.5. The summed E-state index contributed by atoms with van der Waals surface area (Å²) in [6.45, 7) is 14.8. The molecule has 2 aromatic carbocycles. The lowest BCUT2D eigenvalue weighted by molar-refractivity contribution is -0.142. The molecule has 4 nitrogen and oxygen atoms in total. The SMILES string of the molecule is CCOC(=O)Cc1cc(C(C)(C)C)cc(C(C)(C)C)c1-c1ccccc1C(=O)O. The fourth-order valence-corrected chi connectivity index (χ4v) is 3.44. The summed E-state index contributed by atoms with van der Waals surface area (Å²) in [5.74, 6) is -1.30. The van der Waals surface area contributed by atoms with E-state index in [-0.39, 0.29) is 28.8 Å². The van der Waals surface area contributed by atoms with E-state index in [4.69, 9.17) is 4.74 Å². The second-order valence-corrected chi connectivity index (χ2v) is 9.39. The number of hydrogen-bond acceptors (Lipinski definition) is 3. The summed E-state index contributed by atoms with van der Waals surface area (Å²) in [5, 5.41) is 9.77. The zero-order valence-electron chi connectivity index (χ0n) is 18.6. The van der Waals surface area contributed by atoms with Gasteiger partial charge in [0.05, 0.1) is 18.6 Å². The smallest absolute Gasteiger partial charge is 0.336 e. The maximum atomic E-state index is 12.4. The molecule has 0 aliphatic carbocycles. The van der Waals surface area contributed by atoms with Gasteiger partial charge in [0.15, 0.2) is 0 Å². The van der Waals surface area contributed by atoms with Gasteiger partial charge in [-0.3, -0.25) is 4.79 Å². The molecule has 4 heteroatoms. The third-order valence-corrected chi connectivity index (χ3v) is 4.96. The average Bonchev–Trinajstić information content (AvgIpc) is 2.59. The van der Waals surface area contributed by atoms with E-state index >= 15 is 0 Å². The van der Waals surface area contributed by atoms with Crippen LogP contribution in [0.5, 0.6) is 0 Å². The monoisotopic (exact) mass is 396 g/mol. The van der Waals surface area contributed by atoms with E-state index in [2.05, 4.69) is 47.6 Å². The molecule has 0 aromatic heterocycles. The van der Waals surface area contributed by atoms with E-state index < -0.39 is 5.97 Å². The summed E-state index contributed by atoms with van der Waals surface area (Å²) < 4.78 is 5.21. The van der Waals surface area contributed by atoms with Crippen molar-refractivity contribution in [1.82, 2.24) is 0 Å². The normalized spacial score (nSPS) is 12.0. The maximum Gasteiger partial charge on any atom is 0.336 e. The Morgan fingerprint density at radius 3 is 2.10 bits per heavy atom. The van der Waals surface area contributed by atoms with Gasteiger partial charge < -0.3 is 9.84 Å². The molecule has 0 saturated carbocycles. The van der Waals surface area contributed by atoms with Crippen molar-refractivity contribution in [2.75, 3.05) is 6.61 Å². The van der Waals surface area contributed by atoms with Gasteiger partial charge >= 0.3 is 11.9 Å². The molecule has 1 N–H and O–H groups in total. The Morgan fingerprint density at radius 2 is 1.59 bits per heavy atom. The molecule has 156 valence electrons. The minimum Gasteiger partial charge on any atom is -0.478 e. The lowest BCUT2D eigenvalue weighted by atomic mass is 9.74. The van der Waals surface area contributed by atoms with Gasteiger partial charge in [0, 0.05) is 0 Å².